The molecule has 1 aromatic carbocycles. The molecule has 5 nitrogen and oxygen atoms in total. The highest BCUT2D eigenvalue weighted by molar-refractivity contribution is 5.95. The van der Waals surface area contributed by atoms with Crippen LogP contribution in [0, 0.1) is 11.3 Å². The Balaban J connectivity index is 1.92. The van der Waals surface area contributed by atoms with Gasteiger partial charge in [-0.15, -0.1) is 0 Å². The average Bonchev–Trinajstić information content (AvgIpc) is 2.56. The van der Waals surface area contributed by atoms with E-state index in [1.165, 1.54) is 0 Å². The summed E-state index contributed by atoms with van der Waals surface area (Å²) >= 11 is 0. The van der Waals surface area contributed by atoms with Gasteiger partial charge in [0.2, 0.25) is 0 Å². The second kappa shape index (κ2) is 8.66. The molecule has 1 fully saturated rings. The number of nitriles is 1. The maximum atomic E-state index is 11.5. The minimum atomic E-state index is 0.0190. The van der Waals surface area contributed by atoms with Crippen LogP contribution >= 0.6 is 0 Å². The lowest BCUT2D eigenvalue weighted by molar-refractivity contribution is 0.101. The van der Waals surface area contributed by atoms with Crippen molar-refractivity contribution in [3.8, 4) is 6.07 Å². The number of Topliss-reactive ketones (excluding diaryl/α,β-unsaturated/α-hetero) is 1. The van der Waals surface area contributed by atoms with Crippen LogP contribution in [0.2, 0.25) is 0 Å². The molecule has 0 amide bonds. The van der Waals surface area contributed by atoms with Crippen molar-refractivity contribution in [1.82, 2.24) is 4.90 Å². The first-order valence-electron chi connectivity index (χ1n) is 8.17. The van der Waals surface area contributed by atoms with Gasteiger partial charge < -0.3 is 15.0 Å². The predicted octanol–water partition coefficient (Wildman–Crippen LogP) is 2.67. The van der Waals surface area contributed by atoms with E-state index >= 15 is 0 Å². The maximum Gasteiger partial charge on any atom is 0.159 e. The Hall–Kier alpha value is -1.90. The highest BCUT2D eigenvalue weighted by Gasteiger charge is 2.19. The number of ketones is 1. The summed E-state index contributed by atoms with van der Waals surface area (Å²) in [6.45, 7) is 5.53. The van der Waals surface area contributed by atoms with E-state index < -0.39 is 0 Å². The van der Waals surface area contributed by atoms with Gasteiger partial charge in [-0.25, -0.2) is 0 Å². The molecular weight excluding hydrogens is 290 g/mol. The zero-order chi connectivity index (χ0) is 16.7. The molecule has 1 aliphatic rings. The number of anilines is 1. The van der Waals surface area contributed by atoms with Gasteiger partial charge in [-0.3, -0.25) is 4.79 Å². The summed E-state index contributed by atoms with van der Waals surface area (Å²) in [4.78, 5) is 14.0. The molecule has 0 radical (unpaired) electrons. The molecule has 124 valence electrons. The van der Waals surface area contributed by atoms with Crippen LogP contribution in [0.3, 0.4) is 0 Å². The molecule has 1 aromatic rings. The molecule has 0 aromatic heterocycles. The molecule has 0 atom stereocenters. The number of piperidine rings is 1. The van der Waals surface area contributed by atoms with Crippen LogP contribution in [0.1, 0.15) is 42.1 Å². The SMILES string of the molecule is COCCCN1CCC(Nc2cc(C(C)=O)ccc2C#N)CC1. The maximum absolute atomic E-state index is 11.5. The van der Waals surface area contributed by atoms with Crippen molar-refractivity contribution in [3.63, 3.8) is 0 Å². The van der Waals surface area contributed by atoms with Crippen molar-refractivity contribution in [2.45, 2.75) is 32.2 Å². The number of ether oxygens (including phenoxy) is 1. The standard InChI is InChI=1S/C18H25N3O2/c1-14(22)15-4-5-16(13-19)18(12-15)20-17-6-9-21(10-7-17)8-3-11-23-2/h4-5,12,17,20H,3,6-11H2,1-2H3. The number of benzene rings is 1. The highest BCUT2D eigenvalue weighted by Crippen LogP contribution is 2.22. The number of hydrogen-bond acceptors (Lipinski definition) is 5. The van der Waals surface area contributed by atoms with Gasteiger partial charge >= 0.3 is 0 Å². The first-order valence-corrected chi connectivity index (χ1v) is 8.17. The molecule has 0 spiro atoms. The number of nitrogens with one attached hydrogen (secondary N) is 1. The van der Waals surface area contributed by atoms with Crippen molar-refractivity contribution in [1.29, 1.82) is 5.26 Å². The van der Waals surface area contributed by atoms with E-state index in [2.05, 4.69) is 16.3 Å². The number of carbonyl (C=O) groups is 1. The van der Waals surface area contributed by atoms with E-state index in [-0.39, 0.29) is 5.78 Å². The van der Waals surface area contributed by atoms with Crippen LogP contribution in [0.15, 0.2) is 18.2 Å². The second-order valence-electron chi connectivity index (χ2n) is 6.03. The first-order chi connectivity index (χ1) is 11.1. The van der Waals surface area contributed by atoms with Gasteiger partial charge in [-0.2, -0.15) is 5.26 Å². The molecule has 1 N–H and O–H groups in total. The Bertz CT molecular complexity index is 572. The largest absolute Gasteiger partial charge is 0.385 e. The number of likely N-dealkylation sites (tertiary alicyclic amines) is 1. The van der Waals surface area contributed by atoms with E-state index in [0.29, 0.717) is 17.2 Å². The summed E-state index contributed by atoms with van der Waals surface area (Å²) in [7, 11) is 1.73. The van der Waals surface area contributed by atoms with Crippen LogP contribution < -0.4 is 5.32 Å². The third kappa shape index (κ3) is 5.05. The van der Waals surface area contributed by atoms with Crippen molar-refractivity contribution in [3.05, 3.63) is 29.3 Å². The fraction of sp³-hybridized carbons (Fsp3) is 0.556. The van der Waals surface area contributed by atoms with Gasteiger partial charge in [-0.05, 0) is 44.4 Å². The zero-order valence-electron chi connectivity index (χ0n) is 14.0. The second-order valence-corrected chi connectivity index (χ2v) is 6.03. The van der Waals surface area contributed by atoms with Gasteiger partial charge in [0.1, 0.15) is 6.07 Å². The Kier molecular flexibility index (Phi) is 6.57. The third-order valence-corrected chi connectivity index (χ3v) is 4.32. The Morgan fingerprint density at radius 2 is 2.17 bits per heavy atom. The topological polar surface area (TPSA) is 65.4 Å². The van der Waals surface area contributed by atoms with Gasteiger partial charge in [0.25, 0.3) is 0 Å². The zero-order valence-corrected chi connectivity index (χ0v) is 14.0. The van der Waals surface area contributed by atoms with E-state index in [9.17, 15) is 10.1 Å². The van der Waals surface area contributed by atoms with Crippen molar-refractivity contribution < 1.29 is 9.53 Å². The van der Waals surface area contributed by atoms with E-state index in [1.54, 1.807) is 32.2 Å². The quantitative estimate of drug-likeness (QED) is 0.619. The molecule has 1 saturated heterocycles. The number of hydrogen-bond donors (Lipinski definition) is 1. The van der Waals surface area contributed by atoms with Crippen molar-refractivity contribution in [2.24, 2.45) is 0 Å². The van der Waals surface area contributed by atoms with Crippen molar-refractivity contribution >= 4 is 11.5 Å². The van der Waals surface area contributed by atoms with Crippen LogP contribution in [-0.2, 0) is 4.74 Å². The highest BCUT2D eigenvalue weighted by atomic mass is 16.5. The number of rotatable bonds is 7. The van der Waals surface area contributed by atoms with Gasteiger partial charge in [-0.1, -0.05) is 0 Å². The lowest BCUT2D eigenvalue weighted by atomic mass is 10.0. The normalized spacial score (nSPS) is 16.0. The fourth-order valence-electron chi connectivity index (χ4n) is 2.93. The Labute approximate surface area is 138 Å². The minimum absolute atomic E-state index is 0.0190. The van der Waals surface area contributed by atoms with E-state index in [4.69, 9.17) is 4.74 Å². The number of methoxy groups -OCH3 is 1. The molecule has 0 bridgehead atoms. The lowest BCUT2D eigenvalue weighted by Gasteiger charge is -2.33. The van der Waals surface area contributed by atoms with E-state index in [1.807, 2.05) is 0 Å². The number of carbonyl (C=O) groups excluding carboxylic acids is 1. The monoisotopic (exact) mass is 315 g/mol. The Morgan fingerprint density at radius 1 is 1.43 bits per heavy atom. The summed E-state index contributed by atoms with van der Waals surface area (Å²) in [5.74, 6) is 0.0190. The summed E-state index contributed by atoms with van der Waals surface area (Å²) in [6, 6.07) is 7.78. The molecule has 5 heteroatoms. The molecule has 23 heavy (non-hydrogen) atoms. The molecular formula is C18H25N3O2. The van der Waals surface area contributed by atoms with Crippen LogP contribution in [0.25, 0.3) is 0 Å². The minimum Gasteiger partial charge on any atom is -0.385 e. The van der Waals surface area contributed by atoms with Gasteiger partial charge in [0, 0.05) is 45.0 Å². The van der Waals surface area contributed by atoms with Gasteiger partial charge in [0.15, 0.2) is 5.78 Å². The summed E-state index contributed by atoms with van der Waals surface area (Å²) in [5.41, 5.74) is 2.01. The number of nitrogens with zero attached hydrogens (tertiary/aromatic N) is 2. The Morgan fingerprint density at radius 3 is 2.78 bits per heavy atom. The summed E-state index contributed by atoms with van der Waals surface area (Å²) in [6.07, 6.45) is 3.15. The summed E-state index contributed by atoms with van der Waals surface area (Å²) in [5, 5.41) is 12.7. The fourth-order valence-corrected chi connectivity index (χ4v) is 2.93. The molecule has 2 rings (SSSR count). The van der Waals surface area contributed by atoms with Crippen LogP contribution in [0.4, 0.5) is 5.69 Å². The predicted molar refractivity (Wildman–Crippen MR) is 90.7 cm³/mol. The molecule has 0 saturated carbocycles. The van der Waals surface area contributed by atoms with Gasteiger partial charge in [0.05, 0.1) is 11.3 Å². The average molecular weight is 315 g/mol. The van der Waals surface area contributed by atoms with Crippen LogP contribution in [-0.4, -0.2) is 50.1 Å². The van der Waals surface area contributed by atoms with E-state index in [0.717, 1.165) is 51.2 Å². The lowest BCUT2D eigenvalue weighted by Crippen LogP contribution is -2.39. The first kappa shape index (κ1) is 17.5. The smallest absolute Gasteiger partial charge is 0.159 e. The summed E-state index contributed by atoms with van der Waals surface area (Å²) < 4.78 is 5.09. The molecule has 0 aliphatic carbocycles. The molecule has 1 aliphatic heterocycles. The molecule has 0 unspecified atom stereocenters. The van der Waals surface area contributed by atoms with Crippen molar-refractivity contribution in [2.75, 3.05) is 38.7 Å². The van der Waals surface area contributed by atoms with Crippen LogP contribution in [0.5, 0.6) is 0 Å². The third-order valence-electron chi connectivity index (χ3n) is 4.32. The molecule has 1 heterocycles.